The molecule has 0 aromatic carbocycles. The number of hydrogen-bond donors (Lipinski definition) is 0. The van der Waals surface area contributed by atoms with Crippen LogP contribution in [0.4, 0.5) is 0 Å². The van der Waals surface area contributed by atoms with Crippen LogP contribution in [0.25, 0.3) is 16.9 Å². The molecule has 0 aliphatic carbocycles. The molecule has 21 heavy (non-hydrogen) atoms. The molecule has 106 valence electrons. The minimum Gasteiger partial charge on any atom is -0.292 e. The number of pyridine rings is 1. The minimum absolute atomic E-state index is 0.0518. The molecule has 0 aliphatic rings. The van der Waals surface area contributed by atoms with Gasteiger partial charge in [-0.1, -0.05) is 6.92 Å². The Labute approximate surface area is 122 Å². The summed E-state index contributed by atoms with van der Waals surface area (Å²) in [6, 6.07) is 7.56. The molecule has 0 aliphatic heterocycles. The van der Waals surface area contributed by atoms with Gasteiger partial charge in [0.1, 0.15) is 5.69 Å². The van der Waals surface area contributed by atoms with Gasteiger partial charge in [0, 0.05) is 36.1 Å². The molecular formula is C16H16N4O. The number of rotatable bonds is 4. The monoisotopic (exact) mass is 280 g/mol. The number of carbonyl (C=O) groups is 1. The van der Waals surface area contributed by atoms with Crippen LogP contribution in [0.1, 0.15) is 35.9 Å². The average molecular weight is 280 g/mol. The van der Waals surface area contributed by atoms with E-state index in [2.05, 4.69) is 15.1 Å². The Kier molecular flexibility index (Phi) is 3.48. The zero-order valence-corrected chi connectivity index (χ0v) is 12.1. The van der Waals surface area contributed by atoms with Crippen LogP contribution in [0.2, 0.25) is 0 Å². The number of ketones is 1. The number of aromatic nitrogens is 4. The molecule has 0 N–H and O–H groups in total. The molecule has 0 spiro atoms. The van der Waals surface area contributed by atoms with Crippen molar-refractivity contribution in [1.82, 2.24) is 19.6 Å². The average Bonchev–Trinajstić information content (AvgIpc) is 2.92. The van der Waals surface area contributed by atoms with E-state index in [1.807, 2.05) is 32.0 Å². The van der Waals surface area contributed by atoms with Crippen LogP contribution in [0.3, 0.4) is 0 Å². The molecule has 0 bridgehead atoms. The third kappa shape index (κ3) is 2.54. The van der Waals surface area contributed by atoms with Gasteiger partial charge in [0.2, 0.25) is 0 Å². The molecule has 0 amide bonds. The standard InChI is InChI=1S/C16H16N4O/c1-3-4-15(21)13-9-16-17-8-7-14(20(16)19-13)12-6-5-11(2)18-10-12/h5-10H,3-4H2,1-2H3. The molecular weight excluding hydrogens is 264 g/mol. The summed E-state index contributed by atoms with van der Waals surface area (Å²) in [6.45, 7) is 3.93. The van der Waals surface area contributed by atoms with Crippen LogP contribution >= 0.6 is 0 Å². The predicted octanol–water partition coefficient (Wildman–Crippen LogP) is 3.08. The second-order valence-corrected chi connectivity index (χ2v) is 4.99. The van der Waals surface area contributed by atoms with Crippen molar-refractivity contribution in [2.24, 2.45) is 0 Å². The van der Waals surface area contributed by atoms with E-state index in [0.717, 1.165) is 23.4 Å². The maximum Gasteiger partial charge on any atom is 0.183 e. The van der Waals surface area contributed by atoms with Gasteiger partial charge in [-0.05, 0) is 31.5 Å². The molecule has 3 aromatic rings. The second kappa shape index (κ2) is 5.44. The lowest BCUT2D eigenvalue weighted by atomic mass is 10.2. The minimum atomic E-state index is 0.0518. The molecule has 5 nitrogen and oxygen atoms in total. The Hall–Kier alpha value is -2.56. The van der Waals surface area contributed by atoms with E-state index in [0.29, 0.717) is 17.8 Å². The van der Waals surface area contributed by atoms with Crippen molar-refractivity contribution < 1.29 is 4.79 Å². The maximum absolute atomic E-state index is 12.0. The highest BCUT2D eigenvalue weighted by molar-refractivity contribution is 5.95. The quantitative estimate of drug-likeness (QED) is 0.689. The summed E-state index contributed by atoms with van der Waals surface area (Å²) in [5.41, 5.74) is 3.93. The van der Waals surface area contributed by atoms with Crippen molar-refractivity contribution in [3.63, 3.8) is 0 Å². The number of carbonyl (C=O) groups excluding carboxylic acids is 1. The van der Waals surface area contributed by atoms with E-state index in [9.17, 15) is 4.79 Å². The number of nitrogens with zero attached hydrogens (tertiary/aromatic N) is 4. The smallest absolute Gasteiger partial charge is 0.183 e. The molecule has 3 aromatic heterocycles. The molecule has 0 atom stereocenters. The van der Waals surface area contributed by atoms with Crippen LogP contribution in [-0.2, 0) is 0 Å². The van der Waals surface area contributed by atoms with E-state index in [-0.39, 0.29) is 5.78 Å². The number of fused-ring (bicyclic) bond motifs is 1. The fourth-order valence-corrected chi connectivity index (χ4v) is 2.22. The Morgan fingerprint density at radius 1 is 1.24 bits per heavy atom. The Balaban J connectivity index is 2.11. The van der Waals surface area contributed by atoms with Crippen LogP contribution < -0.4 is 0 Å². The number of hydrogen-bond acceptors (Lipinski definition) is 4. The van der Waals surface area contributed by atoms with E-state index in [4.69, 9.17) is 0 Å². The summed E-state index contributed by atoms with van der Waals surface area (Å²) in [5, 5.41) is 4.41. The topological polar surface area (TPSA) is 60.2 Å². The molecule has 0 unspecified atom stereocenters. The van der Waals surface area contributed by atoms with E-state index < -0.39 is 0 Å². The molecule has 3 rings (SSSR count). The first kappa shape index (κ1) is 13.4. The van der Waals surface area contributed by atoms with Gasteiger partial charge in [-0.25, -0.2) is 9.50 Å². The van der Waals surface area contributed by atoms with Crippen molar-refractivity contribution in [2.75, 3.05) is 0 Å². The molecule has 0 fully saturated rings. The summed E-state index contributed by atoms with van der Waals surface area (Å²) in [4.78, 5) is 20.6. The highest BCUT2D eigenvalue weighted by atomic mass is 16.1. The fraction of sp³-hybridized carbons (Fsp3) is 0.250. The van der Waals surface area contributed by atoms with E-state index in [1.54, 1.807) is 23.0 Å². The molecule has 3 heterocycles. The first-order valence-electron chi connectivity index (χ1n) is 7.00. The summed E-state index contributed by atoms with van der Waals surface area (Å²) < 4.78 is 1.70. The maximum atomic E-state index is 12.0. The Morgan fingerprint density at radius 3 is 2.81 bits per heavy atom. The van der Waals surface area contributed by atoms with Crippen molar-refractivity contribution in [2.45, 2.75) is 26.7 Å². The highest BCUT2D eigenvalue weighted by Gasteiger charge is 2.13. The molecule has 0 saturated heterocycles. The Morgan fingerprint density at radius 2 is 2.10 bits per heavy atom. The van der Waals surface area contributed by atoms with Crippen LogP contribution in [0.15, 0.2) is 36.7 Å². The zero-order chi connectivity index (χ0) is 14.8. The molecule has 0 radical (unpaired) electrons. The van der Waals surface area contributed by atoms with Gasteiger partial charge in [-0.2, -0.15) is 5.10 Å². The zero-order valence-electron chi connectivity index (χ0n) is 12.1. The van der Waals surface area contributed by atoms with Gasteiger partial charge >= 0.3 is 0 Å². The van der Waals surface area contributed by atoms with E-state index in [1.165, 1.54) is 0 Å². The van der Waals surface area contributed by atoms with Gasteiger partial charge in [-0.15, -0.1) is 0 Å². The lowest BCUT2D eigenvalue weighted by Crippen LogP contribution is -2.01. The fourth-order valence-electron chi connectivity index (χ4n) is 2.22. The van der Waals surface area contributed by atoms with Crippen LogP contribution in [-0.4, -0.2) is 25.4 Å². The third-order valence-corrected chi connectivity index (χ3v) is 3.33. The number of Topliss-reactive ketones (excluding diaryl/α,β-unsaturated/α-hetero) is 1. The summed E-state index contributed by atoms with van der Waals surface area (Å²) in [7, 11) is 0. The van der Waals surface area contributed by atoms with Gasteiger partial charge in [0.05, 0.1) is 5.69 Å². The normalized spacial score (nSPS) is 11.0. The predicted molar refractivity (Wildman–Crippen MR) is 80.2 cm³/mol. The second-order valence-electron chi connectivity index (χ2n) is 4.99. The van der Waals surface area contributed by atoms with Gasteiger partial charge < -0.3 is 0 Å². The summed E-state index contributed by atoms with van der Waals surface area (Å²) in [5.74, 6) is 0.0518. The number of aryl methyl sites for hydroxylation is 1. The van der Waals surface area contributed by atoms with Crippen LogP contribution in [0, 0.1) is 6.92 Å². The first-order valence-corrected chi connectivity index (χ1v) is 7.00. The molecule has 5 heteroatoms. The largest absolute Gasteiger partial charge is 0.292 e. The van der Waals surface area contributed by atoms with Crippen LogP contribution in [0.5, 0.6) is 0 Å². The highest BCUT2D eigenvalue weighted by Crippen LogP contribution is 2.20. The van der Waals surface area contributed by atoms with Crippen molar-refractivity contribution >= 4 is 11.4 Å². The SMILES string of the molecule is CCCC(=O)c1cc2nccc(-c3ccc(C)nc3)n2n1. The molecule has 0 saturated carbocycles. The first-order chi connectivity index (χ1) is 10.2. The lowest BCUT2D eigenvalue weighted by molar-refractivity contribution is 0.0976. The van der Waals surface area contributed by atoms with Gasteiger partial charge in [0.15, 0.2) is 11.4 Å². The van der Waals surface area contributed by atoms with Crippen molar-refractivity contribution in [1.29, 1.82) is 0 Å². The van der Waals surface area contributed by atoms with Crippen molar-refractivity contribution in [3.05, 3.63) is 48.0 Å². The summed E-state index contributed by atoms with van der Waals surface area (Å²) in [6.07, 6.45) is 4.85. The van der Waals surface area contributed by atoms with Crippen molar-refractivity contribution in [3.8, 4) is 11.3 Å². The van der Waals surface area contributed by atoms with Gasteiger partial charge in [-0.3, -0.25) is 9.78 Å². The van der Waals surface area contributed by atoms with E-state index >= 15 is 0 Å². The summed E-state index contributed by atoms with van der Waals surface area (Å²) >= 11 is 0. The lowest BCUT2D eigenvalue weighted by Gasteiger charge is -2.04. The third-order valence-electron chi connectivity index (χ3n) is 3.33. The Bertz CT molecular complexity index is 790. The van der Waals surface area contributed by atoms with Gasteiger partial charge in [0.25, 0.3) is 0 Å².